The third-order valence-corrected chi connectivity index (χ3v) is 11.5. The standard InChI is InChI=1S/C49H71N9O9/c1-7-49(6,67-44(61)21-20-42(59)50-23-22-37-31-51-57-56-37)45(62)39(28-33(2)3)53-48(65)41(30-36-16-12-9-13-17-36)55-47(64)40(29-34(4)5)54-46(63)38(19-18-35-14-10-8-11-15-35)52-43(60)32-58-24-26-66-27-25-58/h8-17,31,33-34,38-41H,7,18-30,32H2,1-6H3,(H,50,59)(H,52,60)(H,53,65)(H,54,63)(H,55,64)(H,51,56,57)/t38-,39-,40-,41-,49+/m0/s1. The van der Waals surface area contributed by atoms with Crippen LogP contribution in [-0.4, -0.2) is 131 Å². The maximum absolute atomic E-state index is 14.4. The van der Waals surface area contributed by atoms with Crippen molar-refractivity contribution in [2.24, 2.45) is 11.8 Å². The zero-order valence-corrected chi connectivity index (χ0v) is 39.9. The fourth-order valence-electron chi connectivity index (χ4n) is 7.66. The van der Waals surface area contributed by atoms with Crippen molar-refractivity contribution >= 4 is 41.3 Å². The molecule has 4 rings (SSSR count). The number of aromatic nitrogens is 3. The molecule has 18 heteroatoms. The highest BCUT2D eigenvalue weighted by molar-refractivity contribution is 5.98. The van der Waals surface area contributed by atoms with Gasteiger partial charge in [0, 0.05) is 38.9 Å². The minimum atomic E-state index is -1.65. The van der Waals surface area contributed by atoms with E-state index in [1.54, 1.807) is 13.1 Å². The molecule has 2 heterocycles. The van der Waals surface area contributed by atoms with E-state index in [2.05, 4.69) is 42.0 Å². The predicted molar refractivity (Wildman–Crippen MR) is 251 cm³/mol. The minimum Gasteiger partial charge on any atom is -0.451 e. The number of carbonyl (C=O) groups excluding carboxylic acids is 7. The van der Waals surface area contributed by atoms with E-state index < -0.39 is 59.2 Å². The van der Waals surface area contributed by atoms with Gasteiger partial charge < -0.3 is 36.1 Å². The van der Waals surface area contributed by atoms with Gasteiger partial charge in [0.1, 0.15) is 18.1 Å². The van der Waals surface area contributed by atoms with Crippen LogP contribution in [0.4, 0.5) is 0 Å². The van der Waals surface area contributed by atoms with E-state index in [0.29, 0.717) is 51.4 Å². The van der Waals surface area contributed by atoms with Gasteiger partial charge in [-0.1, -0.05) is 95.3 Å². The summed E-state index contributed by atoms with van der Waals surface area (Å²) in [5.74, 6) is -3.89. The van der Waals surface area contributed by atoms with E-state index in [1.165, 1.54) is 6.92 Å². The topological polar surface area (TPSA) is 243 Å². The molecule has 1 fully saturated rings. The number of Topliss-reactive ketones (excluding diaryl/α,β-unsaturated/α-hetero) is 1. The van der Waals surface area contributed by atoms with Crippen molar-refractivity contribution in [3.05, 3.63) is 83.7 Å². The van der Waals surface area contributed by atoms with Gasteiger partial charge in [-0.2, -0.15) is 15.4 Å². The largest absolute Gasteiger partial charge is 0.451 e. The van der Waals surface area contributed by atoms with Gasteiger partial charge in [-0.3, -0.25) is 38.5 Å². The Morgan fingerprint density at radius 2 is 1.31 bits per heavy atom. The minimum absolute atomic E-state index is 0.0569. The van der Waals surface area contributed by atoms with Gasteiger partial charge in [-0.05, 0) is 62.0 Å². The summed E-state index contributed by atoms with van der Waals surface area (Å²) in [4.78, 5) is 98.2. The van der Waals surface area contributed by atoms with Crippen molar-refractivity contribution in [2.75, 3.05) is 39.4 Å². The molecule has 366 valence electrons. The molecule has 0 unspecified atom stereocenters. The van der Waals surface area contributed by atoms with Crippen LogP contribution < -0.4 is 26.6 Å². The second-order valence-corrected chi connectivity index (χ2v) is 18.1. The highest BCUT2D eigenvalue weighted by Crippen LogP contribution is 2.23. The van der Waals surface area contributed by atoms with Crippen LogP contribution in [0.15, 0.2) is 66.9 Å². The van der Waals surface area contributed by atoms with Crippen LogP contribution in [0.1, 0.15) is 96.9 Å². The Morgan fingerprint density at radius 3 is 1.93 bits per heavy atom. The van der Waals surface area contributed by atoms with Crippen LogP contribution in [0.3, 0.4) is 0 Å². The van der Waals surface area contributed by atoms with Crippen molar-refractivity contribution in [2.45, 2.75) is 129 Å². The molecule has 18 nitrogen and oxygen atoms in total. The Labute approximate surface area is 394 Å². The van der Waals surface area contributed by atoms with Gasteiger partial charge in [0.15, 0.2) is 11.4 Å². The normalized spacial score (nSPS) is 15.6. The molecule has 0 bridgehead atoms. The lowest BCUT2D eigenvalue weighted by Crippen LogP contribution is -2.60. The Kier molecular flexibility index (Phi) is 22.1. The molecular formula is C49H71N9O9. The number of hydrogen-bond donors (Lipinski definition) is 6. The Hall–Kier alpha value is -6.01. The first-order valence-electron chi connectivity index (χ1n) is 23.5. The molecule has 5 amide bonds. The Balaban J connectivity index is 1.49. The smallest absolute Gasteiger partial charge is 0.307 e. The van der Waals surface area contributed by atoms with Crippen LogP contribution in [-0.2, 0) is 62.3 Å². The number of amides is 5. The zero-order valence-electron chi connectivity index (χ0n) is 39.9. The van der Waals surface area contributed by atoms with Gasteiger partial charge in [-0.25, -0.2) is 0 Å². The molecule has 0 saturated carbocycles. The summed E-state index contributed by atoms with van der Waals surface area (Å²) in [6.45, 7) is 13.4. The van der Waals surface area contributed by atoms with E-state index in [4.69, 9.17) is 9.47 Å². The average molecular weight is 930 g/mol. The molecule has 2 aromatic carbocycles. The van der Waals surface area contributed by atoms with Crippen molar-refractivity contribution < 1.29 is 43.0 Å². The number of esters is 1. The number of nitrogens with zero attached hydrogens (tertiary/aromatic N) is 3. The third kappa shape index (κ3) is 19.0. The van der Waals surface area contributed by atoms with Gasteiger partial charge in [0.25, 0.3) is 0 Å². The number of carbonyl (C=O) groups is 7. The second kappa shape index (κ2) is 27.6. The summed E-state index contributed by atoms with van der Waals surface area (Å²) in [5, 5.41) is 24.5. The number of morpholine rings is 1. The first-order valence-corrected chi connectivity index (χ1v) is 23.5. The van der Waals surface area contributed by atoms with E-state index in [0.717, 1.165) is 11.1 Å². The highest BCUT2D eigenvalue weighted by Gasteiger charge is 2.42. The van der Waals surface area contributed by atoms with E-state index in [-0.39, 0.29) is 75.1 Å². The number of aromatic amines is 1. The molecular weight excluding hydrogens is 859 g/mol. The van der Waals surface area contributed by atoms with Crippen molar-refractivity contribution in [3.63, 3.8) is 0 Å². The molecule has 5 atom stereocenters. The van der Waals surface area contributed by atoms with Crippen molar-refractivity contribution in [1.82, 2.24) is 46.9 Å². The van der Waals surface area contributed by atoms with E-state index in [9.17, 15) is 33.6 Å². The number of ketones is 1. The average Bonchev–Trinajstić information content (AvgIpc) is 3.83. The van der Waals surface area contributed by atoms with Crippen LogP contribution in [0.2, 0.25) is 0 Å². The summed E-state index contributed by atoms with van der Waals surface area (Å²) in [7, 11) is 0. The van der Waals surface area contributed by atoms with Gasteiger partial charge in [0.05, 0.1) is 44.1 Å². The number of aryl methyl sites for hydroxylation is 1. The summed E-state index contributed by atoms with van der Waals surface area (Å²) < 4.78 is 11.2. The summed E-state index contributed by atoms with van der Waals surface area (Å²) in [6, 6.07) is 14.3. The molecule has 0 spiro atoms. The summed E-state index contributed by atoms with van der Waals surface area (Å²) >= 11 is 0. The number of benzene rings is 2. The quantitative estimate of drug-likeness (QED) is 0.0577. The molecule has 67 heavy (non-hydrogen) atoms. The lowest BCUT2D eigenvalue weighted by molar-refractivity contribution is -0.168. The lowest BCUT2D eigenvalue weighted by Gasteiger charge is -2.33. The predicted octanol–water partition coefficient (Wildman–Crippen LogP) is 2.76. The first kappa shape index (κ1) is 53.6. The number of rotatable bonds is 28. The summed E-state index contributed by atoms with van der Waals surface area (Å²) in [5.41, 5.74) is 0.747. The van der Waals surface area contributed by atoms with E-state index in [1.807, 2.05) is 93.3 Å². The van der Waals surface area contributed by atoms with Crippen LogP contribution >= 0.6 is 0 Å². The number of nitrogens with one attached hydrogen (secondary N) is 6. The number of H-pyrrole nitrogens is 1. The fourth-order valence-corrected chi connectivity index (χ4v) is 7.66. The fraction of sp³-hybridized carbons (Fsp3) is 0.571. The maximum atomic E-state index is 14.4. The Morgan fingerprint density at radius 1 is 0.731 bits per heavy atom. The molecule has 3 aromatic rings. The van der Waals surface area contributed by atoms with Gasteiger partial charge >= 0.3 is 5.97 Å². The summed E-state index contributed by atoms with van der Waals surface area (Å²) in [6.07, 6.45) is 2.92. The molecule has 1 aliphatic rings. The number of hydrogen-bond acceptors (Lipinski definition) is 12. The van der Waals surface area contributed by atoms with Crippen molar-refractivity contribution in [1.29, 1.82) is 0 Å². The molecule has 0 radical (unpaired) electrons. The van der Waals surface area contributed by atoms with E-state index >= 15 is 0 Å². The lowest BCUT2D eigenvalue weighted by atomic mass is 9.87. The number of ether oxygens (including phenoxy) is 2. The second-order valence-electron chi connectivity index (χ2n) is 18.1. The Bertz CT molecular complexity index is 2030. The molecule has 6 N–H and O–H groups in total. The molecule has 0 aliphatic carbocycles. The monoisotopic (exact) mass is 930 g/mol. The SMILES string of the molecule is CC[C@@](C)(OC(=O)CCC(=O)NCCc1cn[nH]n1)C(=O)[C@H](CC(C)C)NC(=O)[C@H](Cc1ccccc1)NC(=O)[C@H](CC(C)C)NC(=O)[C@H](CCc1ccccc1)NC(=O)CN1CCOCC1. The van der Waals surface area contributed by atoms with Gasteiger partial charge in [0.2, 0.25) is 29.5 Å². The highest BCUT2D eigenvalue weighted by atomic mass is 16.6. The van der Waals surface area contributed by atoms with Crippen LogP contribution in [0.5, 0.6) is 0 Å². The molecule has 1 saturated heterocycles. The first-order chi connectivity index (χ1) is 32.0. The van der Waals surface area contributed by atoms with Gasteiger partial charge in [-0.15, -0.1) is 0 Å². The molecule has 1 aliphatic heterocycles. The molecule has 1 aromatic heterocycles. The zero-order chi connectivity index (χ0) is 48.8. The van der Waals surface area contributed by atoms with Crippen molar-refractivity contribution in [3.8, 4) is 0 Å². The van der Waals surface area contributed by atoms with Crippen LogP contribution in [0.25, 0.3) is 0 Å². The van der Waals surface area contributed by atoms with Crippen LogP contribution in [0, 0.1) is 11.8 Å². The maximum Gasteiger partial charge on any atom is 0.307 e. The third-order valence-electron chi connectivity index (χ3n) is 11.5.